The summed E-state index contributed by atoms with van der Waals surface area (Å²) in [6.07, 6.45) is -3.02. The van der Waals surface area contributed by atoms with E-state index in [0.29, 0.717) is 10.7 Å². The lowest BCUT2D eigenvalue weighted by Gasteiger charge is -2.39. The number of halogens is 3. The lowest BCUT2D eigenvalue weighted by atomic mass is 10.1. The molecule has 1 N–H and O–H groups in total. The molecule has 5 nitrogen and oxygen atoms in total. The Kier molecular flexibility index (Phi) is 4.45. The largest absolute Gasteiger partial charge is 0.351 e. The van der Waals surface area contributed by atoms with Crippen LogP contribution in [-0.2, 0) is 4.79 Å². The van der Waals surface area contributed by atoms with Crippen molar-refractivity contribution in [2.24, 2.45) is 0 Å². The fourth-order valence-corrected chi connectivity index (χ4v) is 3.15. The molecule has 0 unspecified atom stereocenters. The molecule has 2 heterocycles. The van der Waals surface area contributed by atoms with Gasteiger partial charge in [0.2, 0.25) is 0 Å². The van der Waals surface area contributed by atoms with Gasteiger partial charge in [-0.3, -0.25) is 9.59 Å². The number of fused-ring (bicyclic) bond motifs is 1. The van der Waals surface area contributed by atoms with Gasteiger partial charge in [-0.2, -0.15) is 8.78 Å². The monoisotopic (exact) mass is 355 g/mol. The fourth-order valence-electron chi connectivity index (χ4n) is 2.97. The molecule has 8 heteroatoms. The van der Waals surface area contributed by atoms with Crippen LogP contribution >= 0.6 is 11.6 Å². The normalized spacial score (nSPS) is 18.5. The lowest BCUT2D eigenvalue weighted by molar-refractivity contribution is -0.145. The van der Waals surface area contributed by atoms with Crippen LogP contribution in [0.2, 0.25) is 5.02 Å². The summed E-state index contributed by atoms with van der Waals surface area (Å²) in [7, 11) is 0. The first-order valence-corrected chi connectivity index (χ1v) is 7.91. The van der Waals surface area contributed by atoms with Gasteiger partial charge in [-0.05, 0) is 31.2 Å². The van der Waals surface area contributed by atoms with Crippen molar-refractivity contribution in [3.63, 3.8) is 0 Å². The molecule has 1 aliphatic heterocycles. The van der Waals surface area contributed by atoms with Crippen LogP contribution in [0.15, 0.2) is 24.3 Å². The first-order chi connectivity index (χ1) is 11.4. The average molecular weight is 356 g/mol. The molecule has 1 saturated heterocycles. The highest BCUT2D eigenvalue weighted by Crippen LogP contribution is 2.22. The molecule has 3 rings (SSSR count). The van der Waals surface area contributed by atoms with Gasteiger partial charge < -0.3 is 14.8 Å². The molecule has 1 aliphatic rings. The zero-order valence-electron chi connectivity index (χ0n) is 12.9. The molecule has 1 fully saturated rings. The topological polar surface area (TPSA) is 56.4 Å². The Balaban J connectivity index is 1.76. The third-order valence-corrected chi connectivity index (χ3v) is 4.43. The maximum absolute atomic E-state index is 12.7. The quantitative estimate of drug-likeness (QED) is 0.900. The van der Waals surface area contributed by atoms with Gasteiger partial charge in [-0.25, -0.2) is 0 Å². The van der Waals surface area contributed by atoms with Crippen LogP contribution in [0, 0.1) is 0 Å². The molecule has 24 heavy (non-hydrogen) atoms. The maximum Gasteiger partial charge on any atom is 0.315 e. The van der Waals surface area contributed by atoms with Crippen molar-refractivity contribution in [2.45, 2.75) is 19.4 Å². The minimum atomic E-state index is -3.02. The van der Waals surface area contributed by atoms with Crippen LogP contribution in [-0.4, -0.2) is 58.7 Å². The molecule has 2 amide bonds. The molecule has 0 radical (unpaired) electrons. The number of alkyl halides is 2. The van der Waals surface area contributed by atoms with Gasteiger partial charge in [0.25, 0.3) is 11.8 Å². The summed E-state index contributed by atoms with van der Waals surface area (Å²) in [4.78, 5) is 29.8. The van der Waals surface area contributed by atoms with Gasteiger partial charge in [0, 0.05) is 41.6 Å². The highest BCUT2D eigenvalue weighted by atomic mass is 35.5. The van der Waals surface area contributed by atoms with E-state index in [2.05, 4.69) is 4.98 Å². The highest BCUT2D eigenvalue weighted by molar-refractivity contribution is 6.31. The van der Waals surface area contributed by atoms with E-state index in [0.717, 1.165) is 15.8 Å². The Bertz CT molecular complexity index is 793. The van der Waals surface area contributed by atoms with Crippen molar-refractivity contribution in [1.82, 2.24) is 14.8 Å². The van der Waals surface area contributed by atoms with E-state index in [-0.39, 0.29) is 31.6 Å². The summed E-state index contributed by atoms with van der Waals surface area (Å²) in [6, 6.07) is 6.65. The molecule has 1 aromatic carbocycles. The second-order valence-electron chi connectivity index (χ2n) is 5.85. The predicted octanol–water partition coefficient (Wildman–Crippen LogP) is 2.76. The molecule has 1 atom stereocenters. The summed E-state index contributed by atoms with van der Waals surface area (Å²) >= 11 is 5.94. The van der Waals surface area contributed by atoms with E-state index in [1.807, 2.05) is 0 Å². The van der Waals surface area contributed by atoms with Crippen molar-refractivity contribution in [2.75, 3.05) is 19.6 Å². The molecular formula is C16H16ClF2N3O2. The summed E-state index contributed by atoms with van der Waals surface area (Å²) in [6.45, 7) is 2.16. The molecule has 0 spiro atoms. The number of aromatic nitrogens is 1. The summed E-state index contributed by atoms with van der Waals surface area (Å²) in [5.41, 5.74) is 1.20. The number of piperazine rings is 1. The van der Waals surface area contributed by atoms with Gasteiger partial charge in [0.05, 0.1) is 0 Å². The standard InChI is InChI=1S/C16H16ClF2N3O2/c1-9-8-21(16(24)14(18)19)4-5-22(9)15(23)13-7-10-6-11(17)2-3-12(10)20-13/h2-3,6-7,9,14,20H,4-5,8H2,1H3/t9-/m1/s1. The van der Waals surface area contributed by atoms with Gasteiger partial charge in [0.15, 0.2) is 0 Å². The van der Waals surface area contributed by atoms with Crippen LogP contribution < -0.4 is 0 Å². The SMILES string of the molecule is C[C@@H]1CN(C(=O)C(F)F)CCN1C(=O)c1cc2cc(Cl)ccc2[nH]1. The molecule has 0 bridgehead atoms. The predicted molar refractivity (Wildman–Crippen MR) is 86.4 cm³/mol. The maximum atomic E-state index is 12.7. The van der Waals surface area contributed by atoms with Crippen LogP contribution in [0.5, 0.6) is 0 Å². The van der Waals surface area contributed by atoms with Gasteiger partial charge >= 0.3 is 6.43 Å². The number of benzene rings is 1. The van der Waals surface area contributed by atoms with Crippen LogP contribution in [0.4, 0.5) is 8.78 Å². The Morgan fingerprint density at radius 3 is 2.71 bits per heavy atom. The Morgan fingerprint density at radius 2 is 2.04 bits per heavy atom. The number of carbonyl (C=O) groups is 2. The fraction of sp³-hybridized carbons (Fsp3) is 0.375. The van der Waals surface area contributed by atoms with Crippen molar-refractivity contribution >= 4 is 34.3 Å². The second-order valence-corrected chi connectivity index (χ2v) is 6.28. The van der Waals surface area contributed by atoms with Crippen LogP contribution in [0.3, 0.4) is 0 Å². The molecule has 128 valence electrons. The Hall–Kier alpha value is -2.15. The third-order valence-electron chi connectivity index (χ3n) is 4.20. The van der Waals surface area contributed by atoms with E-state index in [1.165, 1.54) is 0 Å². The number of hydrogen-bond donors (Lipinski definition) is 1. The van der Waals surface area contributed by atoms with Gasteiger partial charge in [-0.1, -0.05) is 11.6 Å². The molecule has 0 saturated carbocycles. The minimum absolute atomic E-state index is 0.0982. The zero-order chi connectivity index (χ0) is 17.4. The first kappa shape index (κ1) is 16.7. The Labute approximate surface area is 142 Å². The summed E-state index contributed by atoms with van der Waals surface area (Å²) < 4.78 is 25.0. The number of aromatic amines is 1. The number of H-pyrrole nitrogens is 1. The zero-order valence-corrected chi connectivity index (χ0v) is 13.7. The number of rotatable bonds is 2. The molecule has 0 aliphatic carbocycles. The number of carbonyl (C=O) groups excluding carboxylic acids is 2. The number of amides is 2. The second kappa shape index (κ2) is 6.39. The number of hydrogen-bond acceptors (Lipinski definition) is 2. The van der Waals surface area contributed by atoms with Crippen LogP contribution in [0.1, 0.15) is 17.4 Å². The van der Waals surface area contributed by atoms with Crippen molar-refractivity contribution in [3.8, 4) is 0 Å². The third kappa shape index (κ3) is 3.08. The van der Waals surface area contributed by atoms with Crippen molar-refractivity contribution in [1.29, 1.82) is 0 Å². The minimum Gasteiger partial charge on any atom is -0.351 e. The van der Waals surface area contributed by atoms with Gasteiger partial charge in [-0.15, -0.1) is 0 Å². The molecular weight excluding hydrogens is 340 g/mol. The van der Waals surface area contributed by atoms with E-state index >= 15 is 0 Å². The first-order valence-electron chi connectivity index (χ1n) is 7.53. The van der Waals surface area contributed by atoms with Crippen LogP contribution in [0.25, 0.3) is 10.9 Å². The molecule has 1 aromatic heterocycles. The highest BCUT2D eigenvalue weighted by Gasteiger charge is 2.33. The lowest BCUT2D eigenvalue weighted by Crippen LogP contribution is -2.56. The summed E-state index contributed by atoms with van der Waals surface area (Å²) in [5, 5.41) is 1.40. The van der Waals surface area contributed by atoms with Gasteiger partial charge in [0.1, 0.15) is 5.69 Å². The van der Waals surface area contributed by atoms with Crippen molar-refractivity contribution < 1.29 is 18.4 Å². The average Bonchev–Trinajstić information content (AvgIpc) is 2.96. The van der Waals surface area contributed by atoms with E-state index < -0.39 is 12.3 Å². The van der Waals surface area contributed by atoms with Crippen molar-refractivity contribution in [3.05, 3.63) is 35.0 Å². The van der Waals surface area contributed by atoms with E-state index in [4.69, 9.17) is 11.6 Å². The smallest absolute Gasteiger partial charge is 0.315 e. The molecule has 2 aromatic rings. The number of nitrogens with one attached hydrogen (secondary N) is 1. The van der Waals surface area contributed by atoms with E-state index in [9.17, 15) is 18.4 Å². The summed E-state index contributed by atoms with van der Waals surface area (Å²) in [5.74, 6) is -1.41. The Morgan fingerprint density at radius 1 is 1.29 bits per heavy atom. The van der Waals surface area contributed by atoms with E-state index in [1.54, 1.807) is 36.1 Å². The number of nitrogens with zero attached hydrogens (tertiary/aromatic N) is 2.